The van der Waals surface area contributed by atoms with E-state index in [9.17, 15) is 9.59 Å². The zero-order valence-corrected chi connectivity index (χ0v) is 12.9. The molecule has 0 saturated carbocycles. The highest BCUT2D eigenvalue weighted by molar-refractivity contribution is 6.34. The van der Waals surface area contributed by atoms with E-state index in [0.717, 1.165) is 0 Å². The van der Waals surface area contributed by atoms with Gasteiger partial charge in [0, 0.05) is 0 Å². The molecule has 1 aromatic rings. The fourth-order valence-electron chi connectivity index (χ4n) is 1.77. The number of carbonyl (C=O) groups excluding carboxylic acids is 2. The van der Waals surface area contributed by atoms with Gasteiger partial charge in [0.25, 0.3) is 5.91 Å². The van der Waals surface area contributed by atoms with Gasteiger partial charge < -0.3 is 10.1 Å². The summed E-state index contributed by atoms with van der Waals surface area (Å²) in [6.45, 7) is 3.48. The van der Waals surface area contributed by atoms with Gasteiger partial charge in [-0.05, 0) is 19.4 Å². The van der Waals surface area contributed by atoms with Crippen LogP contribution in [0.5, 0.6) is 0 Å². The molecular weight excluding hydrogens is 305 g/mol. The minimum atomic E-state index is -1.14. The van der Waals surface area contributed by atoms with Gasteiger partial charge in [-0.3, -0.25) is 4.79 Å². The molecular formula is C12H15Cl2N3O3. The SMILES string of the molecule is CCCC(C)(NC(=O)c1cc(Cl)nnc1Cl)C(=O)OC. The van der Waals surface area contributed by atoms with Crippen LogP contribution in [0.25, 0.3) is 0 Å². The molecule has 8 heteroatoms. The molecule has 1 rings (SSSR count). The molecule has 6 nitrogen and oxygen atoms in total. The summed E-state index contributed by atoms with van der Waals surface area (Å²) in [6.07, 6.45) is 1.12. The number of aromatic nitrogens is 2. The van der Waals surface area contributed by atoms with Crippen molar-refractivity contribution < 1.29 is 14.3 Å². The van der Waals surface area contributed by atoms with Crippen molar-refractivity contribution in [3.05, 3.63) is 21.9 Å². The molecule has 0 aliphatic rings. The van der Waals surface area contributed by atoms with Crippen molar-refractivity contribution in [3.63, 3.8) is 0 Å². The predicted molar refractivity (Wildman–Crippen MR) is 74.8 cm³/mol. The number of nitrogens with zero attached hydrogens (tertiary/aromatic N) is 2. The minimum Gasteiger partial charge on any atom is -0.467 e. The van der Waals surface area contributed by atoms with Crippen LogP contribution in [0.1, 0.15) is 37.0 Å². The molecule has 20 heavy (non-hydrogen) atoms. The maximum atomic E-state index is 12.2. The fourth-order valence-corrected chi connectivity index (χ4v) is 2.10. The molecule has 1 heterocycles. The molecule has 0 radical (unpaired) electrons. The van der Waals surface area contributed by atoms with Crippen LogP contribution in [-0.2, 0) is 9.53 Å². The lowest BCUT2D eigenvalue weighted by Crippen LogP contribution is -2.52. The molecule has 1 aromatic heterocycles. The van der Waals surface area contributed by atoms with E-state index >= 15 is 0 Å². The minimum absolute atomic E-state index is 0.0369. The second-order valence-electron chi connectivity index (χ2n) is 4.40. The standard InChI is InChI=1S/C12H15Cl2N3O3/c1-4-5-12(2,11(19)20-3)15-10(18)7-6-8(13)16-17-9(7)14/h6H,4-5H2,1-3H3,(H,15,18). The molecule has 1 unspecified atom stereocenters. The average Bonchev–Trinajstić information content (AvgIpc) is 2.40. The third kappa shape index (κ3) is 3.80. The number of hydrogen-bond acceptors (Lipinski definition) is 5. The molecule has 1 atom stereocenters. The van der Waals surface area contributed by atoms with Crippen LogP contribution in [0.3, 0.4) is 0 Å². The highest BCUT2D eigenvalue weighted by Crippen LogP contribution is 2.19. The van der Waals surface area contributed by atoms with Crippen LogP contribution >= 0.6 is 23.2 Å². The van der Waals surface area contributed by atoms with Gasteiger partial charge >= 0.3 is 5.97 Å². The van der Waals surface area contributed by atoms with Crippen molar-refractivity contribution in [2.24, 2.45) is 0 Å². The number of esters is 1. The first-order valence-electron chi connectivity index (χ1n) is 5.93. The number of hydrogen-bond donors (Lipinski definition) is 1. The first kappa shape index (κ1) is 16.7. The Labute approximate surface area is 126 Å². The highest BCUT2D eigenvalue weighted by atomic mass is 35.5. The van der Waals surface area contributed by atoms with Crippen molar-refractivity contribution in [3.8, 4) is 0 Å². The van der Waals surface area contributed by atoms with Gasteiger partial charge in [0.05, 0.1) is 12.7 Å². The maximum Gasteiger partial charge on any atom is 0.331 e. The summed E-state index contributed by atoms with van der Waals surface area (Å²) >= 11 is 11.5. The van der Waals surface area contributed by atoms with Gasteiger partial charge in [0.15, 0.2) is 10.3 Å². The van der Waals surface area contributed by atoms with Gasteiger partial charge in [0.1, 0.15) is 5.54 Å². The Bertz CT molecular complexity index is 525. The Kier molecular flexibility index (Phi) is 5.71. The van der Waals surface area contributed by atoms with Gasteiger partial charge in [-0.2, -0.15) is 0 Å². The Hall–Kier alpha value is -1.40. The quantitative estimate of drug-likeness (QED) is 0.842. The van der Waals surface area contributed by atoms with Crippen molar-refractivity contribution in [2.75, 3.05) is 7.11 Å². The molecule has 0 spiro atoms. The highest BCUT2D eigenvalue weighted by Gasteiger charge is 2.35. The molecule has 0 bridgehead atoms. The van der Waals surface area contributed by atoms with Crippen LogP contribution in [0.15, 0.2) is 6.07 Å². The molecule has 110 valence electrons. The first-order chi connectivity index (χ1) is 9.34. The Balaban J connectivity index is 3.02. The predicted octanol–water partition coefficient (Wildman–Crippen LogP) is 2.25. The van der Waals surface area contributed by atoms with Crippen molar-refractivity contribution in [1.82, 2.24) is 15.5 Å². The summed E-state index contributed by atoms with van der Waals surface area (Å²) < 4.78 is 4.72. The monoisotopic (exact) mass is 319 g/mol. The normalized spacial score (nSPS) is 13.4. The van der Waals surface area contributed by atoms with E-state index in [4.69, 9.17) is 27.9 Å². The van der Waals surface area contributed by atoms with Crippen LogP contribution in [0.2, 0.25) is 10.3 Å². The van der Waals surface area contributed by atoms with Crippen molar-refractivity contribution >= 4 is 35.1 Å². The zero-order valence-electron chi connectivity index (χ0n) is 11.4. The van der Waals surface area contributed by atoms with Gasteiger partial charge in [-0.15, -0.1) is 10.2 Å². The molecule has 0 aromatic carbocycles. The molecule has 1 amide bonds. The van der Waals surface area contributed by atoms with E-state index in [0.29, 0.717) is 12.8 Å². The molecule has 0 aliphatic carbocycles. The average molecular weight is 320 g/mol. The largest absolute Gasteiger partial charge is 0.467 e. The number of amides is 1. The number of halogens is 2. The molecule has 0 aliphatic heterocycles. The Morgan fingerprint density at radius 1 is 1.40 bits per heavy atom. The Morgan fingerprint density at radius 2 is 2.05 bits per heavy atom. The van der Waals surface area contributed by atoms with Crippen molar-refractivity contribution in [2.45, 2.75) is 32.2 Å². The Morgan fingerprint density at radius 3 is 2.60 bits per heavy atom. The summed E-state index contributed by atoms with van der Waals surface area (Å²) in [5.41, 5.74) is -1.09. The fraction of sp³-hybridized carbons (Fsp3) is 0.500. The summed E-state index contributed by atoms with van der Waals surface area (Å²) in [6, 6.07) is 1.29. The van der Waals surface area contributed by atoms with Gasteiger partial charge in [-0.1, -0.05) is 36.5 Å². The number of rotatable bonds is 5. The first-order valence-corrected chi connectivity index (χ1v) is 6.69. The van der Waals surface area contributed by atoms with E-state index in [1.165, 1.54) is 13.2 Å². The molecule has 0 saturated heterocycles. The second kappa shape index (κ2) is 6.85. The smallest absolute Gasteiger partial charge is 0.331 e. The lowest BCUT2D eigenvalue weighted by atomic mass is 9.95. The van der Waals surface area contributed by atoms with Gasteiger partial charge in [0.2, 0.25) is 0 Å². The lowest BCUT2D eigenvalue weighted by molar-refractivity contribution is -0.147. The number of nitrogens with one attached hydrogen (secondary N) is 1. The van der Waals surface area contributed by atoms with E-state index in [2.05, 4.69) is 15.5 Å². The van der Waals surface area contributed by atoms with Crippen LogP contribution in [0.4, 0.5) is 0 Å². The topological polar surface area (TPSA) is 81.2 Å². The summed E-state index contributed by atoms with van der Waals surface area (Å²) in [5.74, 6) is -1.09. The summed E-state index contributed by atoms with van der Waals surface area (Å²) in [5, 5.41) is 9.62. The number of methoxy groups -OCH3 is 1. The molecule has 0 fully saturated rings. The zero-order chi connectivity index (χ0) is 15.3. The second-order valence-corrected chi connectivity index (χ2v) is 5.14. The third-order valence-electron chi connectivity index (χ3n) is 2.74. The van der Waals surface area contributed by atoms with Crippen LogP contribution in [-0.4, -0.2) is 34.7 Å². The van der Waals surface area contributed by atoms with E-state index in [1.807, 2.05) is 6.92 Å². The van der Waals surface area contributed by atoms with Crippen LogP contribution in [0, 0.1) is 0 Å². The molecule has 1 N–H and O–H groups in total. The van der Waals surface area contributed by atoms with E-state index in [1.54, 1.807) is 6.92 Å². The van der Waals surface area contributed by atoms with E-state index in [-0.39, 0.29) is 15.9 Å². The van der Waals surface area contributed by atoms with Crippen LogP contribution < -0.4 is 5.32 Å². The van der Waals surface area contributed by atoms with E-state index < -0.39 is 17.4 Å². The van der Waals surface area contributed by atoms with Crippen molar-refractivity contribution in [1.29, 1.82) is 0 Å². The van der Waals surface area contributed by atoms with Gasteiger partial charge in [-0.25, -0.2) is 4.79 Å². The third-order valence-corrected chi connectivity index (χ3v) is 3.20. The lowest BCUT2D eigenvalue weighted by Gasteiger charge is -2.27. The maximum absolute atomic E-state index is 12.2. The summed E-state index contributed by atoms with van der Waals surface area (Å²) in [4.78, 5) is 24.0. The number of ether oxygens (including phenoxy) is 1. The number of carbonyl (C=O) groups is 2. The summed E-state index contributed by atoms with van der Waals surface area (Å²) in [7, 11) is 1.26.